The number of phosphoric ester groups is 1. The molecule has 2 unspecified atom stereocenters. The molecule has 0 aliphatic carbocycles. The molecule has 0 bridgehead atoms. The fourth-order valence-electron chi connectivity index (χ4n) is 3.26. The van der Waals surface area contributed by atoms with Crippen LogP contribution in [-0.4, -0.2) is 60.8 Å². The average molecular weight is 617 g/mol. The van der Waals surface area contributed by atoms with E-state index in [1.807, 2.05) is 0 Å². The van der Waals surface area contributed by atoms with E-state index in [9.17, 15) is 33.1 Å². The molecular weight excluding hydrogens is 587 g/mol. The molecular formula is C18H30N5O13P3. The molecule has 18 nitrogen and oxygen atoms in total. The van der Waals surface area contributed by atoms with E-state index in [0.29, 0.717) is 19.4 Å². The second kappa shape index (κ2) is 14.6. The van der Waals surface area contributed by atoms with Crippen LogP contribution in [0.3, 0.4) is 0 Å². The summed E-state index contributed by atoms with van der Waals surface area (Å²) in [6.45, 7) is -0.0495. The van der Waals surface area contributed by atoms with E-state index in [1.165, 1.54) is 6.20 Å². The highest BCUT2D eigenvalue weighted by atomic mass is 31.3. The lowest BCUT2D eigenvalue weighted by atomic mass is 10.2. The maximum absolute atomic E-state index is 12.3. The van der Waals surface area contributed by atoms with Crippen LogP contribution in [0.4, 0.5) is 5.82 Å². The van der Waals surface area contributed by atoms with Gasteiger partial charge in [-0.05, 0) is 32.2 Å². The molecule has 0 saturated carbocycles. The Morgan fingerprint density at radius 2 is 1.87 bits per heavy atom. The fraction of sp³-hybridized carbons (Fsp3) is 0.611. The minimum Gasteiger partial charge on any atom is -0.382 e. The van der Waals surface area contributed by atoms with Gasteiger partial charge in [0.15, 0.2) is 0 Å². The molecule has 220 valence electrons. The molecule has 21 heteroatoms. The average Bonchev–Trinajstić information content (AvgIpc) is 3.26. The van der Waals surface area contributed by atoms with Gasteiger partial charge in [0.25, 0.3) is 0 Å². The molecule has 2 heterocycles. The number of hydrogen-bond acceptors (Lipinski definition) is 12. The third-order valence-corrected chi connectivity index (χ3v) is 8.72. The molecule has 9 N–H and O–H groups in total. The van der Waals surface area contributed by atoms with Crippen LogP contribution < -0.4 is 22.5 Å². The lowest BCUT2D eigenvalue weighted by molar-refractivity contribution is -0.120. The first kappa shape index (κ1) is 33.2. The Morgan fingerprint density at radius 1 is 1.15 bits per heavy atom. The molecule has 2 rings (SSSR count). The van der Waals surface area contributed by atoms with E-state index in [2.05, 4.69) is 35.3 Å². The van der Waals surface area contributed by atoms with Gasteiger partial charge < -0.3 is 41.1 Å². The van der Waals surface area contributed by atoms with Crippen molar-refractivity contribution in [1.29, 1.82) is 0 Å². The smallest absolute Gasteiger partial charge is 0.382 e. The maximum Gasteiger partial charge on any atom is 0.490 e. The molecule has 4 atom stereocenters. The van der Waals surface area contributed by atoms with E-state index in [0.717, 1.165) is 17.4 Å². The van der Waals surface area contributed by atoms with Gasteiger partial charge in [0.1, 0.15) is 12.0 Å². The summed E-state index contributed by atoms with van der Waals surface area (Å²) in [5.41, 5.74) is 10.6. The summed E-state index contributed by atoms with van der Waals surface area (Å²) in [6.07, 6.45) is 2.70. The van der Waals surface area contributed by atoms with Crippen molar-refractivity contribution in [3.8, 4) is 11.8 Å². The first-order valence-corrected chi connectivity index (χ1v) is 15.9. The highest BCUT2D eigenvalue weighted by molar-refractivity contribution is 7.66. The summed E-state index contributed by atoms with van der Waals surface area (Å²) >= 11 is 0. The number of aromatic nitrogens is 2. The first-order valence-electron chi connectivity index (χ1n) is 11.4. The number of carbonyl (C=O) groups excluding carboxylic acids is 1. The molecule has 39 heavy (non-hydrogen) atoms. The Kier molecular flexibility index (Phi) is 12.5. The van der Waals surface area contributed by atoms with E-state index >= 15 is 0 Å². The highest BCUT2D eigenvalue weighted by Crippen LogP contribution is 2.66. The zero-order chi connectivity index (χ0) is 29.3. The summed E-state index contributed by atoms with van der Waals surface area (Å²) in [5.74, 6) is 5.13. The van der Waals surface area contributed by atoms with Gasteiger partial charge in [-0.1, -0.05) is 18.3 Å². The number of nitrogen functional groups attached to an aromatic ring is 1. The molecule has 1 saturated heterocycles. The number of hydrogen-bond donors (Lipinski definition) is 7. The second-order valence-electron chi connectivity index (χ2n) is 8.08. The van der Waals surface area contributed by atoms with Gasteiger partial charge in [-0.2, -0.15) is 13.6 Å². The Bertz CT molecular complexity index is 1270. The summed E-state index contributed by atoms with van der Waals surface area (Å²) in [6, 6.07) is 0. The Morgan fingerprint density at radius 3 is 2.54 bits per heavy atom. The van der Waals surface area contributed by atoms with Gasteiger partial charge in [0, 0.05) is 12.6 Å². The zero-order valence-electron chi connectivity index (χ0n) is 20.4. The van der Waals surface area contributed by atoms with Gasteiger partial charge in [-0.25, -0.2) is 18.5 Å². The molecule has 0 aromatic carbocycles. The van der Waals surface area contributed by atoms with Gasteiger partial charge in [0.05, 0.1) is 24.8 Å². The predicted molar refractivity (Wildman–Crippen MR) is 133 cm³/mol. The van der Waals surface area contributed by atoms with Crippen molar-refractivity contribution in [2.75, 3.05) is 25.4 Å². The number of phosphoric acid groups is 3. The van der Waals surface area contributed by atoms with E-state index < -0.39 is 48.1 Å². The van der Waals surface area contributed by atoms with Gasteiger partial charge >= 0.3 is 29.2 Å². The molecule has 1 aliphatic heterocycles. The molecule has 0 radical (unpaired) electrons. The van der Waals surface area contributed by atoms with Crippen LogP contribution in [0.25, 0.3) is 0 Å². The van der Waals surface area contributed by atoms with E-state index in [1.54, 1.807) is 0 Å². The van der Waals surface area contributed by atoms with Crippen LogP contribution in [0.2, 0.25) is 0 Å². The summed E-state index contributed by atoms with van der Waals surface area (Å²) in [5, 5.41) is 2.64. The number of amides is 1. The van der Waals surface area contributed by atoms with Crippen LogP contribution in [0.1, 0.15) is 50.3 Å². The zero-order valence-corrected chi connectivity index (χ0v) is 23.1. The van der Waals surface area contributed by atoms with E-state index in [4.69, 9.17) is 26.0 Å². The SMILES string of the molecule is NCCCCCC(=O)NCC#Cc1cn([C@H]2CC[C@@H](COP(=O)(O)OP(=O)(O)OP(=O)(O)O)O2)c(=O)nc1N. The minimum absolute atomic E-state index is 0.0386. The maximum atomic E-state index is 12.3. The molecule has 1 fully saturated rings. The lowest BCUT2D eigenvalue weighted by Gasteiger charge is -2.19. The highest BCUT2D eigenvalue weighted by Gasteiger charge is 2.41. The number of anilines is 1. The minimum atomic E-state index is -5.65. The van der Waals surface area contributed by atoms with Crippen LogP contribution in [-0.2, 0) is 36.4 Å². The van der Waals surface area contributed by atoms with Crippen molar-refractivity contribution < 1.29 is 55.9 Å². The molecule has 1 aromatic rings. The van der Waals surface area contributed by atoms with Crippen molar-refractivity contribution in [3.63, 3.8) is 0 Å². The van der Waals surface area contributed by atoms with Crippen molar-refractivity contribution in [2.45, 2.75) is 50.9 Å². The summed E-state index contributed by atoms with van der Waals surface area (Å²) in [4.78, 5) is 63.7. The molecule has 0 spiro atoms. The number of rotatable bonds is 14. The van der Waals surface area contributed by atoms with Crippen molar-refractivity contribution in [1.82, 2.24) is 14.9 Å². The van der Waals surface area contributed by atoms with Crippen molar-refractivity contribution >= 4 is 35.2 Å². The van der Waals surface area contributed by atoms with Crippen LogP contribution in [0, 0.1) is 11.8 Å². The van der Waals surface area contributed by atoms with Crippen LogP contribution in [0.15, 0.2) is 11.0 Å². The Hall–Kier alpha value is -1.96. The summed E-state index contributed by atoms with van der Waals surface area (Å²) < 4.78 is 52.5. The summed E-state index contributed by atoms with van der Waals surface area (Å²) in [7, 11) is -16.5. The molecule has 1 amide bonds. The van der Waals surface area contributed by atoms with Gasteiger partial charge in [-0.15, -0.1) is 0 Å². The van der Waals surface area contributed by atoms with Gasteiger partial charge in [0.2, 0.25) is 5.91 Å². The predicted octanol–water partition coefficient (Wildman–Crippen LogP) is -0.167. The fourth-order valence-corrected chi connectivity index (χ4v) is 6.31. The number of nitrogens with two attached hydrogens (primary N) is 2. The number of ether oxygens (including phenoxy) is 1. The Labute approximate surface area is 222 Å². The van der Waals surface area contributed by atoms with Crippen molar-refractivity contribution in [3.05, 3.63) is 22.2 Å². The molecule has 1 aromatic heterocycles. The number of carbonyl (C=O) groups is 1. The van der Waals surface area contributed by atoms with Crippen LogP contribution >= 0.6 is 23.5 Å². The number of nitrogens with one attached hydrogen (secondary N) is 1. The second-order valence-corrected chi connectivity index (χ2v) is 12.5. The quantitative estimate of drug-likeness (QED) is 0.0810. The Balaban J connectivity index is 1.94. The van der Waals surface area contributed by atoms with Crippen LogP contribution in [0.5, 0.6) is 0 Å². The van der Waals surface area contributed by atoms with Crippen molar-refractivity contribution in [2.24, 2.45) is 5.73 Å². The third-order valence-electron chi connectivity index (χ3n) is 4.92. The first-order chi connectivity index (χ1) is 18.1. The standard InChI is InChI=1S/C18H30N5O13P3/c19-9-3-1-2-6-15(24)21-10-4-5-13-11-23(18(25)22-17(13)20)16-8-7-14(34-16)12-33-38(29,30)36-39(31,32)35-37(26,27)28/h11,14,16H,1-3,6-10,12,19H2,(H,21,24)(H,29,30)(H,31,32)(H2,20,22,25)(H2,26,27,28)/t14-,16+/m0/s1. The monoisotopic (exact) mass is 617 g/mol. The molecule has 1 aliphatic rings. The lowest BCUT2D eigenvalue weighted by Crippen LogP contribution is -2.29. The normalized spacial score (nSPS) is 20.4. The topological polar surface area (TPSA) is 285 Å². The number of unbranched alkanes of at least 4 members (excludes halogenated alkanes) is 2. The largest absolute Gasteiger partial charge is 0.490 e. The number of nitrogens with zero attached hydrogens (tertiary/aromatic N) is 2. The van der Waals surface area contributed by atoms with Gasteiger partial charge in [-0.3, -0.25) is 13.9 Å². The third kappa shape index (κ3) is 12.4. The van der Waals surface area contributed by atoms with E-state index in [-0.39, 0.29) is 36.7 Å².